The van der Waals surface area contributed by atoms with Crippen LogP contribution in [0.2, 0.25) is 0 Å². The average molecular weight is 336 g/mol. The van der Waals surface area contributed by atoms with Gasteiger partial charge in [-0.2, -0.15) is 0 Å². The second kappa shape index (κ2) is 8.04. The molecule has 0 aliphatic heterocycles. The molecule has 0 unspecified atom stereocenters. The van der Waals surface area contributed by atoms with Gasteiger partial charge in [-0.15, -0.1) is 0 Å². The van der Waals surface area contributed by atoms with Crippen molar-refractivity contribution in [2.45, 2.75) is 12.0 Å². The molecule has 0 saturated heterocycles. The number of hydrogen-bond acceptors (Lipinski definition) is 3. The summed E-state index contributed by atoms with van der Waals surface area (Å²) in [6.45, 7) is 3.71. The van der Waals surface area contributed by atoms with Crippen LogP contribution in [0, 0.1) is 0 Å². The van der Waals surface area contributed by atoms with Crippen LogP contribution in [-0.2, 0) is 5.60 Å². The topological polar surface area (TPSA) is 26.7 Å². The molecule has 3 heteroatoms. The standard InChI is InChI=1S/C22H28N2O/c1-6-7-8-17-22(25,18-9-13-20(14-10-18)23(2)3)19-11-15-21(16-12-19)24(4)5/h6-16,25H,1,17H2,2-5H3/b8-7+. The van der Waals surface area contributed by atoms with Crippen molar-refractivity contribution >= 4 is 11.4 Å². The van der Waals surface area contributed by atoms with Crippen LogP contribution in [0.4, 0.5) is 11.4 Å². The Morgan fingerprint density at radius 2 is 1.24 bits per heavy atom. The van der Waals surface area contributed by atoms with Gasteiger partial charge in [-0.25, -0.2) is 0 Å². The lowest BCUT2D eigenvalue weighted by molar-refractivity contribution is 0.0841. The van der Waals surface area contributed by atoms with E-state index in [0.29, 0.717) is 6.42 Å². The molecule has 2 aromatic rings. The molecule has 2 rings (SSSR count). The largest absolute Gasteiger partial charge is 0.380 e. The molecule has 0 spiro atoms. The van der Waals surface area contributed by atoms with Gasteiger partial charge in [0.15, 0.2) is 0 Å². The van der Waals surface area contributed by atoms with Gasteiger partial charge in [-0.3, -0.25) is 0 Å². The first-order chi connectivity index (χ1) is 11.9. The minimum Gasteiger partial charge on any atom is -0.380 e. The van der Waals surface area contributed by atoms with Gasteiger partial charge >= 0.3 is 0 Å². The molecule has 1 N–H and O–H groups in total. The molecule has 0 amide bonds. The highest BCUT2D eigenvalue weighted by Crippen LogP contribution is 2.35. The number of allylic oxidation sites excluding steroid dienone is 2. The van der Waals surface area contributed by atoms with Crippen molar-refractivity contribution in [2.75, 3.05) is 38.0 Å². The van der Waals surface area contributed by atoms with Crippen molar-refractivity contribution in [1.29, 1.82) is 0 Å². The van der Waals surface area contributed by atoms with Crippen LogP contribution in [-0.4, -0.2) is 33.3 Å². The first kappa shape index (κ1) is 18.8. The Labute approximate surface area is 151 Å². The van der Waals surface area contributed by atoms with E-state index >= 15 is 0 Å². The highest BCUT2D eigenvalue weighted by molar-refractivity contribution is 5.51. The highest BCUT2D eigenvalue weighted by atomic mass is 16.3. The Bertz CT molecular complexity index is 661. The molecule has 25 heavy (non-hydrogen) atoms. The molecule has 3 nitrogen and oxygen atoms in total. The van der Waals surface area contributed by atoms with Gasteiger partial charge in [0, 0.05) is 46.0 Å². The van der Waals surface area contributed by atoms with E-state index in [2.05, 4.69) is 6.58 Å². The highest BCUT2D eigenvalue weighted by Gasteiger charge is 2.30. The fourth-order valence-electron chi connectivity index (χ4n) is 2.81. The normalized spacial score (nSPS) is 11.6. The van der Waals surface area contributed by atoms with Gasteiger partial charge in [-0.05, 0) is 35.4 Å². The van der Waals surface area contributed by atoms with Gasteiger partial charge in [0.2, 0.25) is 0 Å². The first-order valence-electron chi connectivity index (χ1n) is 8.44. The van der Waals surface area contributed by atoms with E-state index < -0.39 is 5.60 Å². The second-order valence-corrected chi connectivity index (χ2v) is 6.61. The number of nitrogens with zero attached hydrogens (tertiary/aromatic N) is 2. The van der Waals surface area contributed by atoms with Gasteiger partial charge in [0.1, 0.15) is 5.60 Å². The van der Waals surface area contributed by atoms with Crippen LogP contribution in [0.3, 0.4) is 0 Å². The van der Waals surface area contributed by atoms with Crippen LogP contribution in [0.25, 0.3) is 0 Å². The average Bonchev–Trinajstić information content (AvgIpc) is 2.62. The summed E-state index contributed by atoms with van der Waals surface area (Å²) >= 11 is 0. The van der Waals surface area contributed by atoms with Crippen molar-refractivity contribution in [3.8, 4) is 0 Å². The summed E-state index contributed by atoms with van der Waals surface area (Å²) in [7, 11) is 8.03. The number of benzene rings is 2. The number of rotatable bonds is 7. The zero-order valence-electron chi connectivity index (χ0n) is 15.6. The van der Waals surface area contributed by atoms with Crippen molar-refractivity contribution < 1.29 is 5.11 Å². The molecule has 0 saturated carbocycles. The van der Waals surface area contributed by atoms with Gasteiger partial charge in [-0.1, -0.05) is 49.1 Å². The molecular formula is C22H28N2O. The van der Waals surface area contributed by atoms with Crippen LogP contribution in [0.15, 0.2) is 73.3 Å². The molecular weight excluding hydrogens is 308 g/mol. The molecule has 0 bridgehead atoms. The molecule has 2 aromatic carbocycles. The summed E-state index contributed by atoms with van der Waals surface area (Å²) in [5.41, 5.74) is 2.90. The van der Waals surface area contributed by atoms with E-state index in [1.54, 1.807) is 6.08 Å². The molecule has 0 fully saturated rings. The Kier molecular flexibility index (Phi) is 6.05. The van der Waals surface area contributed by atoms with Crippen molar-refractivity contribution in [3.05, 3.63) is 84.5 Å². The SMILES string of the molecule is C=C/C=C/CC(O)(c1ccc(N(C)C)cc1)c1ccc(N(C)C)cc1. The van der Waals surface area contributed by atoms with E-state index in [-0.39, 0.29) is 0 Å². The van der Waals surface area contributed by atoms with Gasteiger partial charge in [0.25, 0.3) is 0 Å². The predicted molar refractivity (Wildman–Crippen MR) is 108 cm³/mol. The molecule has 0 atom stereocenters. The third kappa shape index (κ3) is 4.31. The Hall–Kier alpha value is -2.52. The maximum Gasteiger partial charge on any atom is 0.118 e. The number of aliphatic hydroxyl groups is 1. The minimum atomic E-state index is -1.07. The van der Waals surface area contributed by atoms with Crippen LogP contribution in [0.1, 0.15) is 17.5 Å². The predicted octanol–water partition coefficient (Wildman–Crippen LogP) is 4.19. The Morgan fingerprint density at radius 3 is 1.56 bits per heavy atom. The van der Waals surface area contributed by atoms with Crippen LogP contribution in [0.5, 0.6) is 0 Å². The summed E-state index contributed by atoms with van der Waals surface area (Å²) in [6, 6.07) is 16.1. The fraction of sp³-hybridized carbons (Fsp3) is 0.273. The van der Waals surface area contributed by atoms with Crippen molar-refractivity contribution in [3.63, 3.8) is 0 Å². The molecule has 0 aromatic heterocycles. The van der Waals surface area contributed by atoms with E-state index in [0.717, 1.165) is 22.5 Å². The van der Waals surface area contributed by atoms with Gasteiger partial charge < -0.3 is 14.9 Å². The van der Waals surface area contributed by atoms with E-state index in [4.69, 9.17) is 0 Å². The smallest absolute Gasteiger partial charge is 0.118 e. The van der Waals surface area contributed by atoms with E-state index in [1.807, 2.05) is 98.7 Å². The lowest BCUT2D eigenvalue weighted by atomic mass is 9.83. The van der Waals surface area contributed by atoms with Crippen LogP contribution >= 0.6 is 0 Å². The third-order valence-electron chi connectivity index (χ3n) is 4.41. The lowest BCUT2D eigenvalue weighted by Crippen LogP contribution is -2.27. The van der Waals surface area contributed by atoms with E-state index in [9.17, 15) is 5.11 Å². The maximum atomic E-state index is 11.5. The Balaban J connectivity index is 2.45. The van der Waals surface area contributed by atoms with Crippen molar-refractivity contribution in [2.24, 2.45) is 0 Å². The van der Waals surface area contributed by atoms with Gasteiger partial charge in [0.05, 0.1) is 0 Å². The molecule has 132 valence electrons. The molecule has 0 heterocycles. The molecule has 0 aliphatic carbocycles. The summed E-state index contributed by atoms with van der Waals surface area (Å²) in [4.78, 5) is 4.10. The zero-order chi connectivity index (χ0) is 18.4. The first-order valence-corrected chi connectivity index (χ1v) is 8.44. The summed E-state index contributed by atoms with van der Waals surface area (Å²) in [6.07, 6.45) is 6.03. The fourth-order valence-corrected chi connectivity index (χ4v) is 2.81. The number of hydrogen-bond donors (Lipinski definition) is 1. The second-order valence-electron chi connectivity index (χ2n) is 6.61. The maximum absolute atomic E-state index is 11.5. The van der Waals surface area contributed by atoms with E-state index in [1.165, 1.54) is 0 Å². The summed E-state index contributed by atoms with van der Waals surface area (Å²) in [5, 5.41) is 11.5. The lowest BCUT2D eigenvalue weighted by Gasteiger charge is -2.29. The monoisotopic (exact) mass is 336 g/mol. The summed E-state index contributed by atoms with van der Waals surface area (Å²) < 4.78 is 0. The number of anilines is 2. The quantitative estimate of drug-likeness (QED) is 0.768. The molecule has 0 aliphatic rings. The van der Waals surface area contributed by atoms with Crippen LogP contribution < -0.4 is 9.80 Å². The minimum absolute atomic E-state index is 0.488. The summed E-state index contributed by atoms with van der Waals surface area (Å²) in [5.74, 6) is 0. The molecule has 0 radical (unpaired) electrons. The third-order valence-corrected chi connectivity index (χ3v) is 4.41. The Morgan fingerprint density at radius 1 is 0.840 bits per heavy atom. The van der Waals surface area contributed by atoms with Crippen molar-refractivity contribution in [1.82, 2.24) is 0 Å². The zero-order valence-corrected chi connectivity index (χ0v) is 15.6.